The number of aromatic nitrogens is 2. The molecule has 0 spiro atoms. The van der Waals surface area contributed by atoms with Gasteiger partial charge in [-0.3, -0.25) is 0 Å². The van der Waals surface area contributed by atoms with E-state index in [-0.39, 0.29) is 6.61 Å². The van der Waals surface area contributed by atoms with E-state index in [2.05, 4.69) is 9.55 Å². The lowest BCUT2D eigenvalue weighted by atomic mass is 10.3. The monoisotopic (exact) mass is 426 g/mol. The Bertz CT molecular complexity index is 887. The van der Waals surface area contributed by atoms with Crippen molar-refractivity contribution in [1.82, 2.24) is 9.55 Å². The summed E-state index contributed by atoms with van der Waals surface area (Å²) in [5.74, 6) is 1.13. The van der Waals surface area contributed by atoms with Crippen LogP contribution in [0.1, 0.15) is 0 Å². The van der Waals surface area contributed by atoms with Crippen molar-refractivity contribution in [3.05, 3.63) is 52.5 Å². The predicted octanol–water partition coefficient (Wildman–Crippen LogP) is 4.52. The fraction of sp³-hybridized carbons (Fsp3) is 0.316. The molecule has 5 nitrogen and oxygen atoms in total. The molecule has 1 aromatic heterocycles. The Balaban J connectivity index is 1.63. The average Bonchev–Trinajstić information content (AvgIpc) is 3.00. The summed E-state index contributed by atoms with van der Waals surface area (Å²) in [6.07, 6.45) is -0.634. The second-order valence-electron chi connectivity index (χ2n) is 5.90. The number of aliphatic hydroxyl groups excluding tert-OH is 1. The number of hydrogen-bond acceptors (Lipinski definition) is 5. The van der Waals surface area contributed by atoms with Crippen LogP contribution >= 0.6 is 35.0 Å². The van der Waals surface area contributed by atoms with E-state index in [1.54, 1.807) is 31.4 Å². The number of benzene rings is 2. The highest BCUT2D eigenvalue weighted by molar-refractivity contribution is 7.99. The molecule has 144 valence electrons. The third-order valence-electron chi connectivity index (χ3n) is 3.86. The molecule has 1 unspecified atom stereocenters. The molecule has 27 heavy (non-hydrogen) atoms. The van der Waals surface area contributed by atoms with Crippen molar-refractivity contribution >= 4 is 46.0 Å². The highest BCUT2D eigenvalue weighted by Gasteiger charge is 2.14. The minimum atomic E-state index is -0.634. The first-order valence-electron chi connectivity index (χ1n) is 8.41. The second-order valence-corrected chi connectivity index (χ2v) is 7.76. The largest absolute Gasteiger partial charge is 0.491 e. The highest BCUT2D eigenvalue weighted by atomic mass is 35.5. The highest BCUT2D eigenvalue weighted by Crippen LogP contribution is 2.27. The summed E-state index contributed by atoms with van der Waals surface area (Å²) >= 11 is 13.4. The van der Waals surface area contributed by atoms with Crippen molar-refractivity contribution in [2.45, 2.75) is 17.8 Å². The maximum absolute atomic E-state index is 10.3. The lowest BCUT2D eigenvalue weighted by Crippen LogP contribution is -2.20. The first-order chi connectivity index (χ1) is 13.1. The third-order valence-corrected chi connectivity index (χ3v) is 5.46. The van der Waals surface area contributed by atoms with E-state index >= 15 is 0 Å². The molecule has 0 bridgehead atoms. The molecule has 3 rings (SSSR count). The van der Waals surface area contributed by atoms with Gasteiger partial charge in [0, 0.05) is 29.5 Å². The number of methoxy groups -OCH3 is 1. The minimum absolute atomic E-state index is 0.193. The second kappa shape index (κ2) is 9.66. The molecular formula is C19H20Cl2N2O3S. The van der Waals surface area contributed by atoms with Crippen molar-refractivity contribution in [2.24, 2.45) is 0 Å². The Morgan fingerprint density at radius 1 is 1.15 bits per heavy atom. The maximum Gasteiger partial charge on any atom is 0.169 e. The molecule has 0 fully saturated rings. The fourth-order valence-electron chi connectivity index (χ4n) is 2.53. The number of thioether (sulfide) groups is 1. The maximum atomic E-state index is 10.3. The van der Waals surface area contributed by atoms with E-state index in [4.69, 9.17) is 32.7 Å². The molecular weight excluding hydrogens is 407 g/mol. The van der Waals surface area contributed by atoms with Gasteiger partial charge in [0.15, 0.2) is 5.16 Å². The van der Waals surface area contributed by atoms with Crippen LogP contribution in [-0.2, 0) is 11.3 Å². The third kappa shape index (κ3) is 5.53. The number of aliphatic hydroxyl groups is 1. The van der Waals surface area contributed by atoms with E-state index in [1.165, 1.54) is 11.8 Å². The number of ether oxygens (including phenoxy) is 2. The normalized spacial score (nSPS) is 12.4. The zero-order valence-corrected chi connectivity index (χ0v) is 17.1. The summed E-state index contributed by atoms with van der Waals surface area (Å²) in [6.45, 7) is 1.44. The van der Waals surface area contributed by atoms with Crippen LogP contribution in [0.4, 0.5) is 0 Å². The molecule has 1 heterocycles. The van der Waals surface area contributed by atoms with Crippen LogP contribution in [0.2, 0.25) is 10.0 Å². The lowest BCUT2D eigenvalue weighted by molar-refractivity contribution is 0.126. The first-order valence-corrected chi connectivity index (χ1v) is 10.1. The number of rotatable bonds is 9. The molecule has 1 atom stereocenters. The molecule has 0 aliphatic heterocycles. The molecule has 0 saturated carbocycles. The van der Waals surface area contributed by atoms with Crippen molar-refractivity contribution in [3.63, 3.8) is 0 Å². The molecule has 2 aromatic carbocycles. The van der Waals surface area contributed by atoms with Crippen molar-refractivity contribution < 1.29 is 14.6 Å². The van der Waals surface area contributed by atoms with Gasteiger partial charge in [-0.25, -0.2) is 4.98 Å². The topological polar surface area (TPSA) is 56.5 Å². The molecule has 8 heteroatoms. The van der Waals surface area contributed by atoms with Gasteiger partial charge in [-0.1, -0.05) is 35.0 Å². The van der Waals surface area contributed by atoms with E-state index in [0.717, 1.165) is 16.2 Å². The summed E-state index contributed by atoms with van der Waals surface area (Å²) in [6, 6.07) is 12.7. The number of hydrogen-bond donors (Lipinski definition) is 1. The Labute approximate surface area is 172 Å². The van der Waals surface area contributed by atoms with Crippen molar-refractivity contribution in [2.75, 3.05) is 26.1 Å². The van der Waals surface area contributed by atoms with Gasteiger partial charge in [0.25, 0.3) is 0 Å². The van der Waals surface area contributed by atoms with Crippen LogP contribution in [-0.4, -0.2) is 46.8 Å². The van der Waals surface area contributed by atoms with Crippen LogP contribution < -0.4 is 4.74 Å². The molecule has 3 aromatic rings. The van der Waals surface area contributed by atoms with Crippen LogP contribution in [0.5, 0.6) is 5.75 Å². The smallest absolute Gasteiger partial charge is 0.169 e. The van der Waals surface area contributed by atoms with Crippen LogP contribution in [0.3, 0.4) is 0 Å². The zero-order valence-electron chi connectivity index (χ0n) is 14.8. The summed E-state index contributed by atoms with van der Waals surface area (Å²) in [5.41, 5.74) is 1.82. The van der Waals surface area contributed by atoms with Crippen molar-refractivity contribution in [1.29, 1.82) is 0 Å². The van der Waals surface area contributed by atoms with Gasteiger partial charge >= 0.3 is 0 Å². The SMILES string of the molecule is COCCn1c(SCC(O)COc2ccc(Cl)cc2)nc2cc(Cl)ccc21. The number of fused-ring (bicyclic) bond motifs is 1. The van der Waals surface area contributed by atoms with Gasteiger partial charge in [-0.2, -0.15) is 0 Å². The van der Waals surface area contributed by atoms with Gasteiger partial charge in [0.1, 0.15) is 12.4 Å². The van der Waals surface area contributed by atoms with Crippen molar-refractivity contribution in [3.8, 4) is 5.75 Å². The standard InChI is InChI=1S/C19H20Cl2N2O3S/c1-25-9-8-23-18-7-4-14(21)10-17(18)22-19(23)27-12-15(24)11-26-16-5-2-13(20)3-6-16/h2-7,10,15,24H,8-9,11-12H2,1H3. The van der Waals surface area contributed by atoms with Crippen LogP contribution in [0, 0.1) is 0 Å². The quantitative estimate of drug-likeness (QED) is 0.509. The number of halogens is 2. The predicted molar refractivity (Wildman–Crippen MR) is 110 cm³/mol. The van der Waals surface area contributed by atoms with E-state index in [1.807, 2.05) is 18.2 Å². The summed E-state index contributed by atoms with van der Waals surface area (Å²) < 4.78 is 12.9. The van der Waals surface area contributed by atoms with Crippen LogP contribution in [0.15, 0.2) is 47.6 Å². The summed E-state index contributed by atoms with van der Waals surface area (Å²) in [5, 5.41) is 12.4. The Kier molecular flexibility index (Phi) is 7.26. The average molecular weight is 427 g/mol. The van der Waals surface area contributed by atoms with E-state index < -0.39 is 6.10 Å². The molecule has 0 radical (unpaired) electrons. The first kappa shape index (κ1) is 20.3. The molecule has 0 saturated heterocycles. The Hall–Kier alpha value is -1.44. The van der Waals surface area contributed by atoms with Gasteiger partial charge in [-0.05, 0) is 42.5 Å². The van der Waals surface area contributed by atoms with E-state index in [0.29, 0.717) is 34.7 Å². The van der Waals surface area contributed by atoms with Gasteiger partial charge < -0.3 is 19.1 Å². The fourth-order valence-corrected chi connectivity index (χ4v) is 3.77. The number of nitrogens with zero attached hydrogens (tertiary/aromatic N) is 2. The molecule has 0 amide bonds. The Morgan fingerprint density at radius 3 is 2.63 bits per heavy atom. The van der Waals surface area contributed by atoms with Gasteiger partial charge in [-0.15, -0.1) is 0 Å². The Morgan fingerprint density at radius 2 is 1.89 bits per heavy atom. The molecule has 1 N–H and O–H groups in total. The van der Waals surface area contributed by atoms with Crippen LogP contribution in [0.25, 0.3) is 11.0 Å². The van der Waals surface area contributed by atoms with Gasteiger partial charge in [0.2, 0.25) is 0 Å². The van der Waals surface area contributed by atoms with E-state index in [9.17, 15) is 5.11 Å². The van der Waals surface area contributed by atoms with Gasteiger partial charge in [0.05, 0.1) is 23.7 Å². The lowest BCUT2D eigenvalue weighted by Gasteiger charge is -2.13. The molecule has 0 aliphatic carbocycles. The summed E-state index contributed by atoms with van der Waals surface area (Å²) in [4.78, 5) is 4.65. The summed E-state index contributed by atoms with van der Waals surface area (Å²) in [7, 11) is 1.67. The zero-order chi connectivity index (χ0) is 19.2. The molecule has 0 aliphatic rings. The minimum Gasteiger partial charge on any atom is -0.491 e. The number of imidazole rings is 1.